The first-order valence-corrected chi connectivity index (χ1v) is 4.81. The van der Waals surface area contributed by atoms with E-state index in [2.05, 4.69) is 15.9 Å². The molecule has 0 radical (unpaired) electrons. The molecule has 1 aromatic rings. The van der Waals surface area contributed by atoms with Crippen molar-refractivity contribution in [1.29, 1.82) is 0 Å². The van der Waals surface area contributed by atoms with E-state index in [0.29, 0.717) is 11.3 Å². The smallest absolute Gasteiger partial charge is 0.0958 e. The van der Waals surface area contributed by atoms with Crippen LogP contribution in [0.15, 0.2) is 22.7 Å². The van der Waals surface area contributed by atoms with Crippen molar-refractivity contribution in [2.24, 2.45) is 5.73 Å². The second-order valence-corrected chi connectivity index (χ2v) is 3.90. The Labute approximate surface area is 85.9 Å². The lowest BCUT2D eigenvalue weighted by molar-refractivity contribution is 0.154. The number of benzene rings is 1. The van der Waals surface area contributed by atoms with E-state index < -0.39 is 6.10 Å². The van der Waals surface area contributed by atoms with E-state index in [-0.39, 0.29) is 6.04 Å². The summed E-state index contributed by atoms with van der Waals surface area (Å²) in [5.74, 6) is 0. The molecule has 0 amide bonds. The summed E-state index contributed by atoms with van der Waals surface area (Å²) >= 11 is 3.29. The fourth-order valence-corrected chi connectivity index (χ4v) is 1.48. The first kappa shape index (κ1) is 10.5. The van der Waals surface area contributed by atoms with Gasteiger partial charge in [0.1, 0.15) is 0 Å². The number of halogens is 1. The molecule has 0 aliphatic carbocycles. The van der Waals surface area contributed by atoms with Gasteiger partial charge in [0, 0.05) is 16.1 Å². The number of hydrogen-bond acceptors (Lipinski definition) is 3. The van der Waals surface area contributed by atoms with Crippen molar-refractivity contribution in [3.05, 3.63) is 28.2 Å². The maximum Gasteiger partial charge on any atom is 0.0958 e. The van der Waals surface area contributed by atoms with Gasteiger partial charge in [-0.2, -0.15) is 0 Å². The number of nitrogens with two attached hydrogens (primary N) is 2. The molecule has 0 spiro atoms. The van der Waals surface area contributed by atoms with Crippen molar-refractivity contribution in [1.82, 2.24) is 0 Å². The Morgan fingerprint density at radius 3 is 2.62 bits per heavy atom. The zero-order valence-corrected chi connectivity index (χ0v) is 8.95. The molecule has 0 bridgehead atoms. The van der Waals surface area contributed by atoms with Crippen molar-refractivity contribution in [3.8, 4) is 0 Å². The molecule has 0 saturated heterocycles. The maximum atomic E-state index is 9.68. The lowest BCUT2D eigenvalue weighted by Crippen LogP contribution is -2.25. The highest BCUT2D eigenvalue weighted by atomic mass is 79.9. The zero-order chi connectivity index (χ0) is 10.0. The predicted molar refractivity (Wildman–Crippen MR) is 57.2 cm³/mol. The molecule has 4 heteroatoms. The van der Waals surface area contributed by atoms with Gasteiger partial charge >= 0.3 is 0 Å². The van der Waals surface area contributed by atoms with Gasteiger partial charge in [0.25, 0.3) is 0 Å². The molecular weight excluding hydrogens is 232 g/mol. The van der Waals surface area contributed by atoms with Crippen LogP contribution in [0.2, 0.25) is 0 Å². The summed E-state index contributed by atoms with van der Waals surface area (Å²) in [5, 5.41) is 9.68. The molecule has 5 N–H and O–H groups in total. The Kier molecular flexibility index (Phi) is 3.30. The molecule has 0 aromatic heterocycles. The van der Waals surface area contributed by atoms with Crippen LogP contribution in [0.25, 0.3) is 0 Å². The second-order valence-electron chi connectivity index (χ2n) is 3.05. The molecule has 0 aliphatic rings. The zero-order valence-electron chi connectivity index (χ0n) is 7.37. The summed E-state index contributed by atoms with van der Waals surface area (Å²) in [6, 6.07) is 5.10. The highest BCUT2D eigenvalue weighted by molar-refractivity contribution is 9.10. The van der Waals surface area contributed by atoms with E-state index in [1.165, 1.54) is 0 Å². The van der Waals surface area contributed by atoms with Crippen molar-refractivity contribution < 1.29 is 5.11 Å². The van der Waals surface area contributed by atoms with Crippen molar-refractivity contribution >= 4 is 21.6 Å². The molecule has 0 aliphatic heterocycles. The normalized spacial score (nSPS) is 15.4. The fraction of sp³-hybridized carbons (Fsp3) is 0.333. The van der Waals surface area contributed by atoms with Crippen molar-refractivity contribution in [2.45, 2.75) is 19.1 Å². The van der Waals surface area contributed by atoms with Crippen LogP contribution in [0, 0.1) is 0 Å². The van der Waals surface area contributed by atoms with Crippen LogP contribution in [-0.4, -0.2) is 11.1 Å². The Morgan fingerprint density at radius 1 is 1.46 bits per heavy atom. The number of para-hydroxylation sites is 1. The standard InChI is InChI=1S/C9H13BrN2O/c1-5(11)9(13)6-3-2-4-7(10)8(6)12/h2-5,9,13H,11-12H2,1H3. The minimum Gasteiger partial charge on any atom is -0.398 e. The SMILES string of the molecule is CC(N)C(O)c1cccc(Br)c1N. The van der Waals surface area contributed by atoms with Gasteiger partial charge in [0.2, 0.25) is 0 Å². The van der Waals surface area contributed by atoms with E-state index in [4.69, 9.17) is 11.5 Å². The van der Waals surface area contributed by atoms with Crippen molar-refractivity contribution in [2.75, 3.05) is 5.73 Å². The summed E-state index contributed by atoms with van der Waals surface area (Å²) in [5.41, 5.74) is 12.5. The molecule has 13 heavy (non-hydrogen) atoms. The Balaban J connectivity index is 3.07. The van der Waals surface area contributed by atoms with Gasteiger partial charge in [-0.3, -0.25) is 0 Å². The fourth-order valence-electron chi connectivity index (χ4n) is 1.09. The third-order valence-electron chi connectivity index (χ3n) is 1.90. The lowest BCUT2D eigenvalue weighted by Gasteiger charge is -2.17. The van der Waals surface area contributed by atoms with Crippen LogP contribution in [-0.2, 0) is 0 Å². The first-order chi connectivity index (χ1) is 6.04. The molecule has 2 atom stereocenters. The van der Waals surface area contributed by atoms with E-state index >= 15 is 0 Å². The number of rotatable bonds is 2. The van der Waals surface area contributed by atoms with Gasteiger partial charge in [-0.1, -0.05) is 12.1 Å². The summed E-state index contributed by atoms with van der Waals surface area (Å²) in [6.07, 6.45) is -0.711. The molecular formula is C9H13BrN2O. The van der Waals surface area contributed by atoms with Gasteiger partial charge < -0.3 is 16.6 Å². The summed E-state index contributed by atoms with van der Waals surface area (Å²) in [4.78, 5) is 0. The lowest BCUT2D eigenvalue weighted by atomic mass is 10.0. The Bertz CT molecular complexity index is 302. The van der Waals surface area contributed by atoms with Gasteiger partial charge in [-0.25, -0.2) is 0 Å². The van der Waals surface area contributed by atoms with E-state index in [9.17, 15) is 5.11 Å². The molecule has 0 saturated carbocycles. The number of aliphatic hydroxyl groups is 1. The minimum atomic E-state index is -0.711. The minimum absolute atomic E-state index is 0.323. The largest absolute Gasteiger partial charge is 0.398 e. The molecule has 1 aromatic carbocycles. The average molecular weight is 245 g/mol. The van der Waals surface area contributed by atoms with Crippen LogP contribution >= 0.6 is 15.9 Å². The number of nitrogen functional groups attached to an aromatic ring is 1. The van der Waals surface area contributed by atoms with Gasteiger partial charge in [0.05, 0.1) is 11.8 Å². The maximum absolute atomic E-state index is 9.68. The van der Waals surface area contributed by atoms with Crippen molar-refractivity contribution in [3.63, 3.8) is 0 Å². The Hall–Kier alpha value is -0.580. The monoisotopic (exact) mass is 244 g/mol. The first-order valence-electron chi connectivity index (χ1n) is 4.01. The summed E-state index contributed by atoms with van der Waals surface area (Å²) < 4.78 is 0.782. The average Bonchev–Trinajstić information content (AvgIpc) is 2.08. The van der Waals surface area contributed by atoms with E-state index in [1.54, 1.807) is 13.0 Å². The quantitative estimate of drug-likeness (QED) is 0.690. The van der Waals surface area contributed by atoms with Gasteiger partial charge in [-0.15, -0.1) is 0 Å². The predicted octanol–water partition coefficient (Wildman–Crippen LogP) is 1.41. The van der Waals surface area contributed by atoms with Gasteiger partial charge in [0.15, 0.2) is 0 Å². The molecule has 0 heterocycles. The van der Waals surface area contributed by atoms with Gasteiger partial charge in [-0.05, 0) is 28.9 Å². The van der Waals surface area contributed by atoms with Crippen LogP contribution in [0.4, 0.5) is 5.69 Å². The van der Waals surface area contributed by atoms with Crippen LogP contribution in [0.1, 0.15) is 18.6 Å². The molecule has 2 unspecified atom stereocenters. The highest BCUT2D eigenvalue weighted by Crippen LogP contribution is 2.28. The molecule has 3 nitrogen and oxygen atoms in total. The topological polar surface area (TPSA) is 72.3 Å². The molecule has 72 valence electrons. The number of anilines is 1. The highest BCUT2D eigenvalue weighted by Gasteiger charge is 2.15. The van der Waals surface area contributed by atoms with Crippen LogP contribution < -0.4 is 11.5 Å². The van der Waals surface area contributed by atoms with Crippen LogP contribution in [0.5, 0.6) is 0 Å². The summed E-state index contributed by atoms with van der Waals surface area (Å²) in [7, 11) is 0. The molecule has 0 fully saturated rings. The third-order valence-corrected chi connectivity index (χ3v) is 2.59. The van der Waals surface area contributed by atoms with E-state index in [0.717, 1.165) is 4.47 Å². The Morgan fingerprint density at radius 2 is 2.08 bits per heavy atom. The molecule has 1 rings (SSSR count). The van der Waals surface area contributed by atoms with E-state index in [1.807, 2.05) is 12.1 Å². The number of hydrogen-bond donors (Lipinski definition) is 3. The second kappa shape index (κ2) is 4.09. The summed E-state index contributed by atoms with van der Waals surface area (Å²) in [6.45, 7) is 1.74. The third kappa shape index (κ3) is 2.21. The number of aliphatic hydroxyl groups excluding tert-OH is 1. The van der Waals surface area contributed by atoms with Crippen LogP contribution in [0.3, 0.4) is 0 Å².